The van der Waals surface area contributed by atoms with Crippen LogP contribution in [0.5, 0.6) is 0 Å². The molecule has 0 bridgehead atoms. The van der Waals surface area contributed by atoms with Crippen molar-refractivity contribution in [2.45, 2.75) is 70.4 Å². The number of benzene rings is 2. The average Bonchev–Trinajstić information content (AvgIpc) is 3.45. The molecule has 0 spiro atoms. The molecule has 1 saturated carbocycles. The van der Waals surface area contributed by atoms with Gasteiger partial charge in [-0.15, -0.1) is 0 Å². The van der Waals surface area contributed by atoms with Crippen molar-refractivity contribution in [3.8, 4) is 11.1 Å². The van der Waals surface area contributed by atoms with E-state index in [0.29, 0.717) is 13.0 Å². The maximum absolute atomic E-state index is 13.5. The molecule has 0 heterocycles. The van der Waals surface area contributed by atoms with Gasteiger partial charge in [0.05, 0.1) is 0 Å². The van der Waals surface area contributed by atoms with Crippen LogP contribution < -0.4 is 5.32 Å². The summed E-state index contributed by atoms with van der Waals surface area (Å²) in [6.45, 7) is 6.31. The standard InChI is InChI=1S/C30H38N2O6/c1-30(2,3)38-28(35)31-18-20-10-8-15-26(20)32(17-9-16-27(33)34)29(36)37-19-25-23-13-6-4-11-21(23)22-12-5-7-14-24(22)25/h4-7,11-14,20,25-26H,8-10,15-19H2,1-3H3,(H,31,35)(H,33,34). The van der Waals surface area contributed by atoms with Crippen molar-refractivity contribution in [3.05, 3.63) is 59.7 Å². The van der Waals surface area contributed by atoms with E-state index < -0.39 is 23.8 Å². The second-order valence-electron chi connectivity index (χ2n) is 11.1. The van der Waals surface area contributed by atoms with E-state index >= 15 is 0 Å². The Morgan fingerprint density at radius 3 is 2.24 bits per heavy atom. The van der Waals surface area contributed by atoms with E-state index in [1.54, 1.807) is 4.90 Å². The van der Waals surface area contributed by atoms with E-state index in [4.69, 9.17) is 14.6 Å². The summed E-state index contributed by atoms with van der Waals surface area (Å²) < 4.78 is 11.3. The van der Waals surface area contributed by atoms with Gasteiger partial charge >= 0.3 is 18.2 Å². The van der Waals surface area contributed by atoms with Gasteiger partial charge in [0.1, 0.15) is 12.2 Å². The summed E-state index contributed by atoms with van der Waals surface area (Å²) in [6, 6.07) is 16.2. The first-order chi connectivity index (χ1) is 18.1. The molecule has 0 radical (unpaired) electrons. The number of carbonyl (C=O) groups excluding carboxylic acids is 2. The van der Waals surface area contributed by atoms with Crippen molar-refractivity contribution < 1.29 is 29.0 Å². The smallest absolute Gasteiger partial charge is 0.410 e. The van der Waals surface area contributed by atoms with Crippen molar-refractivity contribution in [1.29, 1.82) is 0 Å². The van der Waals surface area contributed by atoms with Gasteiger partial charge in [-0.05, 0) is 68.2 Å². The summed E-state index contributed by atoms with van der Waals surface area (Å²) in [7, 11) is 0. The Balaban J connectivity index is 1.45. The average molecular weight is 523 g/mol. The number of carboxylic acid groups (broad SMARTS) is 1. The lowest BCUT2D eigenvalue weighted by molar-refractivity contribution is -0.137. The summed E-state index contributed by atoms with van der Waals surface area (Å²) in [5, 5.41) is 12.0. The van der Waals surface area contributed by atoms with Crippen LogP contribution in [-0.4, -0.2) is 59.5 Å². The largest absolute Gasteiger partial charge is 0.481 e. The lowest BCUT2D eigenvalue weighted by Gasteiger charge is -2.33. The van der Waals surface area contributed by atoms with Gasteiger partial charge in [-0.25, -0.2) is 9.59 Å². The summed E-state index contributed by atoms with van der Waals surface area (Å²) >= 11 is 0. The van der Waals surface area contributed by atoms with E-state index in [9.17, 15) is 14.4 Å². The Labute approximate surface area is 224 Å². The molecule has 2 atom stereocenters. The quantitative estimate of drug-likeness (QED) is 0.432. The topological polar surface area (TPSA) is 105 Å². The molecule has 2 aliphatic carbocycles. The molecule has 38 heavy (non-hydrogen) atoms. The Morgan fingerprint density at radius 2 is 1.63 bits per heavy atom. The van der Waals surface area contributed by atoms with Crippen LogP contribution in [0, 0.1) is 5.92 Å². The molecule has 8 heteroatoms. The van der Waals surface area contributed by atoms with Crippen molar-refractivity contribution in [1.82, 2.24) is 10.2 Å². The number of aliphatic carboxylic acids is 1. The van der Waals surface area contributed by atoms with Crippen LogP contribution >= 0.6 is 0 Å². The summed E-state index contributed by atoms with van der Waals surface area (Å²) in [5.41, 5.74) is 4.00. The lowest BCUT2D eigenvalue weighted by atomic mass is 9.98. The maximum Gasteiger partial charge on any atom is 0.410 e. The molecule has 0 aromatic heterocycles. The van der Waals surface area contributed by atoms with Gasteiger partial charge in [-0.2, -0.15) is 0 Å². The fourth-order valence-corrected chi connectivity index (χ4v) is 5.66. The number of hydrogen-bond donors (Lipinski definition) is 2. The monoisotopic (exact) mass is 522 g/mol. The van der Waals surface area contributed by atoms with Gasteiger partial charge in [0, 0.05) is 31.5 Å². The van der Waals surface area contributed by atoms with Crippen LogP contribution in [0.25, 0.3) is 11.1 Å². The number of amides is 2. The lowest BCUT2D eigenvalue weighted by Crippen LogP contribution is -2.47. The fraction of sp³-hybridized carbons (Fsp3) is 0.500. The van der Waals surface area contributed by atoms with Crippen LogP contribution in [0.2, 0.25) is 0 Å². The van der Waals surface area contributed by atoms with Gasteiger partial charge in [-0.3, -0.25) is 4.79 Å². The van der Waals surface area contributed by atoms with Gasteiger partial charge in [0.15, 0.2) is 0 Å². The fourth-order valence-electron chi connectivity index (χ4n) is 5.66. The predicted octanol–water partition coefficient (Wildman–Crippen LogP) is 5.80. The number of rotatable bonds is 9. The van der Waals surface area contributed by atoms with Crippen molar-refractivity contribution >= 4 is 18.2 Å². The first kappa shape index (κ1) is 27.5. The second kappa shape index (κ2) is 11.9. The second-order valence-corrected chi connectivity index (χ2v) is 11.1. The number of fused-ring (bicyclic) bond motifs is 3. The molecule has 2 unspecified atom stereocenters. The van der Waals surface area contributed by atoms with Gasteiger partial charge in [-0.1, -0.05) is 55.0 Å². The van der Waals surface area contributed by atoms with E-state index in [1.165, 1.54) is 0 Å². The van der Waals surface area contributed by atoms with Crippen molar-refractivity contribution in [2.24, 2.45) is 5.92 Å². The number of carboxylic acids is 1. The normalized spacial score (nSPS) is 18.4. The minimum Gasteiger partial charge on any atom is -0.481 e. The predicted molar refractivity (Wildman–Crippen MR) is 144 cm³/mol. The highest BCUT2D eigenvalue weighted by Crippen LogP contribution is 2.44. The highest BCUT2D eigenvalue weighted by atomic mass is 16.6. The number of hydrogen-bond acceptors (Lipinski definition) is 5. The number of alkyl carbamates (subject to hydrolysis) is 1. The van der Waals surface area contributed by atoms with E-state index in [0.717, 1.165) is 41.5 Å². The third-order valence-electron chi connectivity index (χ3n) is 7.29. The van der Waals surface area contributed by atoms with Crippen LogP contribution in [0.3, 0.4) is 0 Å². The van der Waals surface area contributed by atoms with E-state index in [2.05, 4.69) is 29.6 Å². The Morgan fingerprint density at radius 1 is 1.00 bits per heavy atom. The molecule has 0 aliphatic heterocycles. The number of ether oxygens (including phenoxy) is 2. The number of nitrogens with zero attached hydrogens (tertiary/aromatic N) is 1. The minimum absolute atomic E-state index is 0.0271. The SMILES string of the molecule is CC(C)(C)OC(=O)NCC1CCCC1N(CCCC(=O)O)C(=O)OCC1c2ccccc2-c2ccccc21. The summed E-state index contributed by atoms with van der Waals surface area (Å²) in [5.74, 6) is -0.916. The molecule has 0 saturated heterocycles. The Bertz CT molecular complexity index is 1110. The molecule has 1 fully saturated rings. The first-order valence-corrected chi connectivity index (χ1v) is 13.4. The van der Waals surface area contributed by atoms with Crippen LogP contribution in [0.4, 0.5) is 9.59 Å². The zero-order valence-electron chi connectivity index (χ0n) is 22.4. The highest BCUT2D eigenvalue weighted by molar-refractivity contribution is 5.79. The van der Waals surface area contributed by atoms with Gasteiger partial charge < -0.3 is 24.8 Å². The highest BCUT2D eigenvalue weighted by Gasteiger charge is 2.37. The molecule has 2 aromatic rings. The molecule has 2 N–H and O–H groups in total. The van der Waals surface area contributed by atoms with E-state index in [1.807, 2.05) is 45.0 Å². The summed E-state index contributed by atoms with van der Waals surface area (Å²) in [6.07, 6.45) is 1.93. The Kier molecular flexibility index (Phi) is 8.59. The third-order valence-corrected chi connectivity index (χ3v) is 7.29. The molecule has 8 nitrogen and oxygen atoms in total. The van der Waals surface area contributed by atoms with Crippen LogP contribution in [-0.2, 0) is 14.3 Å². The molecule has 204 valence electrons. The minimum atomic E-state index is -0.896. The molecule has 2 aliphatic rings. The summed E-state index contributed by atoms with van der Waals surface area (Å²) in [4.78, 5) is 38.6. The van der Waals surface area contributed by atoms with Crippen LogP contribution in [0.1, 0.15) is 69.9 Å². The zero-order valence-corrected chi connectivity index (χ0v) is 22.4. The molecule has 2 aromatic carbocycles. The Hall–Kier alpha value is -3.55. The van der Waals surface area contributed by atoms with Gasteiger partial charge in [0.25, 0.3) is 0 Å². The zero-order chi connectivity index (χ0) is 27.3. The number of carbonyl (C=O) groups is 3. The van der Waals surface area contributed by atoms with Gasteiger partial charge in [0.2, 0.25) is 0 Å². The molecule has 2 amide bonds. The van der Waals surface area contributed by atoms with Crippen LogP contribution in [0.15, 0.2) is 48.5 Å². The maximum atomic E-state index is 13.5. The van der Waals surface area contributed by atoms with Crippen molar-refractivity contribution in [3.63, 3.8) is 0 Å². The molecule has 4 rings (SSSR count). The third kappa shape index (κ3) is 6.65. The number of nitrogens with one attached hydrogen (secondary N) is 1. The molecular weight excluding hydrogens is 484 g/mol. The van der Waals surface area contributed by atoms with Crippen molar-refractivity contribution in [2.75, 3.05) is 19.7 Å². The first-order valence-electron chi connectivity index (χ1n) is 13.4. The van der Waals surface area contributed by atoms with E-state index in [-0.39, 0.29) is 37.5 Å². The molecular formula is C30H38N2O6.